The Balaban J connectivity index is 2.03. The molecular formula is C17H20ClN3O3. The van der Waals surface area contributed by atoms with Crippen LogP contribution >= 0.6 is 11.6 Å². The average molecular weight is 350 g/mol. The molecule has 24 heavy (non-hydrogen) atoms. The van der Waals surface area contributed by atoms with E-state index in [1.807, 2.05) is 0 Å². The zero-order valence-electron chi connectivity index (χ0n) is 13.4. The minimum Gasteiger partial charge on any atom is -0.454 e. The number of nitrogens with one attached hydrogen (secondary N) is 2. The van der Waals surface area contributed by atoms with Gasteiger partial charge in [0.1, 0.15) is 11.4 Å². The quantitative estimate of drug-likeness (QED) is 0.303. The van der Waals surface area contributed by atoms with Crippen molar-refractivity contribution in [2.75, 3.05) is 6.61 Å². The van der Waals surface area contributed by atoms with Gasteiger partial charge in [-0.25, -0.2) is 4.79 Å². The number of Topliss-reactive ketones (excluding diaryl/α,β-unsaturated/α-hetero) is 1. The first kappa shape index (κ1) is 18.0. The first-order valence-electron chi connectivity index (χ1n) is 7.66. The van der Waals surface area contributed by atoms with Crippen LogP contribution in [0.15, 0.2) is 35.7 Å². The monoisotopic (exact) mass is 349 g/mol. The lowest BCUT2D eigenvalue weighted by Gasteiger charge is -2.28. The third kappa shape index (κ3) is 4.35. The summed E-state index contributed by atoms with van der Waals surface area (Å²) in [6.07, 6.45) is 3.07. The number of halogens is 1. The molecule has 0 spiro atoms. The van der Waals surface area contributed by atoms with E-state index in [1.54, 1.807) is 24.3 Å². The van der Waals surface area contributed by atoms with Gasteiger partial charge in [-0.1, -0.05) is 23.7 Å². The highest BCUT2D eigenvalue weighted by atomic mass is 35.5. The van der Waals surface area contributed by atoms with Gasteiger partial charge in [-0.05, 0) is 38.3 Å². The summed E-state index contributed by atoms with van der Waals surface area (Å²) < 4.78 is 5.03. The van der Waals surface area contributed by atoms with Crippen LogP contribution in [0.2, 0.25) is 5.02 Å². The van der Waals surface area contributed by atoms with Gasteiger partial charge in [-0.3, -0.25) is 4.79 Å². The summed E-state index contributed by atoms with van der Waals surface area (Å²) in [5, 5.41) is 11.0. The maximum atomic E-state index is 12.2. The molecule has 1 aromatic rings. The van der Waals surface area contributed by atoms with Crippen molar-refractivity contribution in [2.45, 2.75) is 32.2 Å². The van der Waals surface area contributed by atoms with Crippen molar-refractivity contribution in [2.24, 2.45) is 5.73 Å². The molecule has 128 valence electrons. The van der Waals surface area contributed by atoms with Gasteiger partial charge >= 0.3 is 5.97 Å². The van der Waals surface area contributed by atoms with E-state index in [-0.39, 0.29) is 28.7 Å². The summed E-state index contributed by atoms with van der Waals surface area (Å²) in [5.41, 5.74) is 6.11. The number of nitrogens with two attached hydrogens (primary N) is 1. The fourth-order valence-corrected chi connectivity index (χ4v) is 2.52. The first-order chi connectivity index (χ1) is 11.4. The highest BCUT2D eigenvalue weighted by molar-refractivity contribution is 6.34. The number of carbonyl (C=O) groups is 2. The summed E-state index contributed by atoms with van der Waals surface area (Å²) in [5.74, 6) is -1.10. The van der Waals surface area contributed by atoms with Crippen LogP contribution < -0.4 is 11.1 Å². The Morgan fingerprint density at radius 2 is 2.04 bits per heavy atom. The van der Waals surface area contributed by atoms with E-state index in [9.17, 15) is 9.59 Å². The molecule has 1 aliphatic carbocycles. The summed E-state index contributed by atoms with van der Waals surface area (Å²) >= 11 is 5.94. The van der Waals surface area contributed by atoms with Crippen molar-refractivity contribution >= 4 is 29.1 Å². The van der Waals surface area contributed by atoms with Gasteiger partial charge in [0.05, 0.1) is 5.02 Å². The van der Waals surface area contributed by atoms with Crippen molar-refractivity contribution in [1.29, 1.82) is 5.41 Å². The summed E-state index contributed by atoms with van der Waals surface area (Å²) in [7, 11) is 0. The van der Waals surface area contributed by atoms with Crippen molar-refractivity contribution < 1.29 is 14.3 Å². The third-order valence-corrected chi connectivity index (χ3v) is 4.15. The molecule has 0 radical (unpaired) electrons. The van der Waals surface area contributed by atoms with Gasteiger partial charge in [0, 0.05) is 17.3 Å². The summed E-state index contributed by atoms with van der Waals surface area (Å²) in [6.45, 7) is 0.984. The van der Waals surface area contributed by atoms with Gasteiger partial charge in [0.25, 0.3) is 0 Å². The van der Waals surface area contributed by atoms with Gasteiger partial charge in [-0.2, -0.15) is 0 Å². The molecule has 7 heteroatoms. The van der Waals surface area contributed by atoms with Crippen LogP contribution in [0.3, 0.4) is 0 Å². The van der Waals surface area contributed by atoms with Crippen molar-refractivity contribution in [3.8, 4) is 0 Å². The van der Waals surface area contributed by atoms with E-state index in [2.05, 4.69) is 5.32 Å². The maximum Gasteiger partial charge on any atom is 0.344 e. The number of ether oxygens (including phenoxy) is 1. The molecule has 0 saturated heterocycles. The van der Waals surface area contributed by atoms with Crippen molar-refractivity contribution in [1.82, 2.24) is 5.32 Å². The van der Waals surface area contributed by atoms with Gasteiger partial charge in [0.2, 0.25) is 5.78 Å². The van der Waals surface area contributed by atoms with E-state index in [1.165, 1.54) is 6.92 Å². The molecule has 0 bridgehead atoms. The molecule has 4 N–H and O–H groups in total. The summed E-state index contributed by atoms with van der Waals surface area (Å²) in [6, 6.07) is 6.75. The number of hydrogen-bond acceptors (Lipinski definition) is 6. The Hall–Kier alpha value is -2.34. The Labute approximate surface area is 145 Å². The van der Waals surface area contributed by atoms with Gasteiger partial charge < -0.3 is 21.2 Å². The Kier molecular flexibility index (Phi) is 5.98. The average Bonchev–Trinajstić information content (AvgIpc) is 2.49. The fraction of sp³-hybridized carbons (Fsp3) is 0.353. The maximum absolute atomic E-state index is 12.2. The smallest absolute Gasteiger partial charge is 0.344 e. The minimum absolute atomic E-state index is 0.0190. The molecule has 6 nitrogen and oxygen atoms in total. The van der Waals surface area contributed by atoms with Crippen LogP contribution in [0.25, 0.3) is 0 Å². The van der Waals surface area contributed by atoms with Crippen LogP contribution in [0, 0.1) is 5.41 Å². The number of esters is 1. The van der Waals surface area contributed by atoms with Gasteiger partial charge in [0.15, 0.2) is 6.61 Å². The lowest BCUT2D eigenvalue weighted by Crippen LogP contribution is -2.39. The third-order valence-electron chi connectivity index (χ3n) is 3.82. The van der Waals surface area contributed by atoms with Crippen LogP contribution in [0.1, 0.15) is 36.5 Å². The Bertz CT molecular complexity index is 696. The lowest BCUT2D eigenvalue weighted by molar-refractivity contribution is -0.137. The summed E-state index contributed by atoms with van der Waals surface area (Å²) in [4.78, 5) is 24.3. The molecule has 0 aromatic heterocycles. The zero-order valence-corrected chi connectivity index (χ0v) is 14.2. The first-order valence-corrected chi connectivity index (χ1v) is 8.04. The Morgan fingerprint density at radius 3 is 2.58 bits per heavy atom. The number of ketones is 1. The largest absolute Gasteiger partial charge is 0.454 e. The standard InChI is InChI=1S/C17H20ClN3O3/c1-10(19)15(16(20)21-11-5-4-6-11)17(23)24-9-14(22)12-7-2-3-8-13(12)18/h2-3,7-8,11,19,21H,4-6,9,20H2,1H3/b16-15+,19-10?. The molecule has 1 aromatic carbocycles. The number of rotatable bonds is 7. The normalized spacial score (nSPS) is 15.1. The second-order valence-electron chi connectivity index (χ2n) is 5.66. The lowest BCUT2D eigenvalue weighted by atomic mass is 9.93. The van der Waals surface area contributed by atoms with Crippen LogP contribution in [-0.4, -0.2) is 30.1 Å². The molecule has 1 aliphatic rings. The predicted octanol–water partition coefficient (Wildman–Crippen LogP) is 2.42. The zero-order chi connectivity index (χ0) is 17.7. The van der Waals surface area contributed by atoms with E-state index >= 15 is 0 Å². The van der Waals surface area contributed by atoms with E-state index < -0.39 is 18.4 Å². The van der Waals surface area contributed by atoms with Crippen molar-refractivity contribution in [3.63, 3.8) is 0 Å². The van der Waals surface area contributed by atoms with E-state index in [0.29, 0.717) is 5.02 Å². The molecule has 0 atom stereocenters. The highest BCUT2D eigenvalue weighted by Crippen LogP contribution is 2.19. The second-order valence-corrected chi connectivity index (χ2v) is 6.07. The highest BCUT2D eigenvalue weighted by Gasteiger charge is 2.23. The topological polar surface area (TPSA) is 105 Å². The van der Waals surface area contributed by atoms with Crippen LogP contribution in [-0.2, 0) is 9.53 Å². The molecule has 2 rings (SSSR count). The van der Waals surface area contributed by atoms with E-state index in [0.717, 1.165) is 19.3 Å². The molecule has 0 unspecified atom stereocenters. The molecule has 1 fully saturated rings. The molecular weight excluding hydrogens is 330 g/mol. The van der Waals surface area contributed by atoms with Crippen LogP contribution in [0.5, 0.6) is 0 Å². The van der Waals surface area contributed by atoms with Gasteiger partial charge in [-0.15, -0.1) is 0 Å². The molecule has 0 aliphatic heterocycles. The second kappa shape index (κ2) is 7.97. The molecule has 0 heterocycles. The predicted molar refractivity (Wildman–Crippen MR) is 92.1 cm³/mol. The molecule has 1 saturated carbocycles. The minimum atomic E-state index is -0.799. The fourth-order valence-electron chi connectivity index (χ4n) is 2.28. The van der Waals surface area contributed by atoms with E-state index in [4.69, 9.17) is 27.5 Å². The number of hydrogen-bond donors (Lipinski definition) is 3. The van der Waals surface area contributed by atoms with Crippen LogP contribution in [0.4, 0.5) is 0 Å². The SMILES string of the molecule is CC(=N)/C(C(=O)OCC(=O)c1ccccc1Cl)=C(/N)NC1CCC1. The number of benzene rings is 1. The van der Waals surface area contributed by atoms with Crippen molar-refractivity contribution in [3.05, 3.63) is 46.2 Å². The Morgan fingerprint density at radius 1 is 1.38 bits per heavy atom. The number of carbonyl (C=O) groups excluding carboxylic acids is 2. The molecule has 0 amide bonds.